The molecule has 1 saturated heterocycles. The quantitative estimate of drug-likeness (QED) is 0.636. The van der Waals surface area contributed by atoms with Crippen LogP contribution in [0.25, 0.3) is 0 Å². The van der Waals surface area contributed by atoms with Gasteiger partial charge in [0.1, 0.15) is 0 Å². The number of piperazine rings is 1. The second-order valence-electron chi connectivity index (χ2n) is 6.67. The van der Waals surface area contributed by atoms with E-state index in [0.717, 1.165) is 57.5 Å². The average molecular weight is 419 g/mol. The molecule has 2 rings (SSSR count). The van der Waals surface area contributed by atoms with E-state index in [-0.39, 0.29) is 36.6 Å². The standard InChI is InChI=1S/C19H30N4O2.2ClH/c1-22-12-14-23(15-13-22)19(25)16-7-9-17(10-8-16)21-18(24)6-4-2-3-5-11-20;;/h7-10H,2-6,11-15,20H2,1H3,(H,21,24);2*1H. The van der Waals surface area contributed by atoms with Crippen LogP contribution in [0.4, 0.5) is 5.69 Å². The Balaban J connectivity index is 0.00000338. The van der Waals surface area contributed by atoms with E-state index in [1.807, 2.05) is 4.90 Å². The Labute approximate surface area is 174 Å². The molecule has 0 unspecified atom stereocenters. The number of amides is 2. The summed E-state index contributed by atoms with van der Waals surface area (Å²) in [6.07, 6.45) is 4.53. The summed E-state index contributed by atoms with van der Waals surface area (Å²) < 4.78 is 0. The van der Waals surface area contributed by atoms with E-state index < -0.39 is 0 Å². The number of nitrogens with two attached hydrogens (primary N) is 1. The summed E-state index contributed by atoms with van der Waals surface area (Å²) in [5.74, 6) is 0.0803. The Bertz CT molecular complexity index is 561. The fourth-order valence-electron chi connectivity index (χ4n) is 2.90. The first-order chi connectivity index (χ1) is 12.1. The second-order valence-corrected chi connectivity index (χ2v) is 6.67. The summed E-state index contributed by atoms with van der Waals surface area (Å²) in [6, 6.07) is 7.18. The highest BCUT2D eigenvalue weighted by molar-refractivity contribution is 5.95. The van der Waals surface area contributed by atoms with Crippen LogP contribution >= 0.6 is 24.8 Å². The van der Waals surface area contributed by atoms with Gasteiger partial charge >= 0.3 is 0 Å². The third-order valence-corrected chi connectivity index (χ3v) is 4.56. The molecule has 0 aliphatic carbocycles. The lowest BCUT2D eigenvalue weighted by molar-refractivity contribution is -0.116. The van der Waals surface area contributed by atoms with Crippen molar-refractivity contribution in [2.45, 2.75) is 32.1 Å². The van der Waals surface area contributed by atoms with Crippen LogP contribution in [0, 0.1) is 0 Å². The van der Waals surface area contributed by atoms with E-state index >= 15 is 0 Å². The van der Waals surface area contributed by atoms with Gasteiger partial charge in [0.15, 0.2) is 0 Å². The first-order valence-corrected chi connectivity index (χ1v) is 9.18. The van der Waals surface area contributed by atoms with E-state index in [1.165, 1.54) is 0 Å². The predicted molar refractivity (Wildman–Crippen MR) is 115 cm³/mol. The van der Waals surface area contributed by atoms with Crippen molar-refractivity contribution in [3.05, 3.63) is 29.8 Å². The topological polar surface area (TPSA) is 78.7 Å². The summed E-state index contributed by atoms with van der Waals surface area (Å²) in [5, 5.41) is 2.89. The van der Waals surface area contributed by atoms with Crippen molar-refractivity contribution in [2.75, 3.05) is 45.1 Å². The Morgan fingerprint density at radius 3 is 2.15 bits per heavy atom. The Morgan fingerprint density at radius 1 is 0.963 bits per heavy atom. The van der Waals surface area contributed by atoms with E-state index in [4.69, 9.17) is 5.73 Å². The van der Waals surface area contributed by atoms with E-state index in [9.17, 15) is 9.59 Å². The normalized spacial score (nSPS) is 14.1. The van der Waals surface area contributed by atoms with Gasteiger partial charge in [0.2, 0.25) is 5.91 Å². The van der Waals surface area contributed by atoms with Gasteiger partial charge in [0.05, 0.1) is 0 Å². The fraction of sp³-hybridized carbons (Fsp3) is 0.579. The monoisotopic (exact) mass is 418 g/mol. The number of hydrogen-bond donors (Lipinski definition) is 2. The van der Waals surface area contributed by atoms with Crippen molar-refractivity contribution in [2.24, 2.45) is 5.73 Å². The van der Waals surface area contributed by atoms with Crippen LogP contribution in [0.3, 0.4) is 0 Å². The van der Waals surface area contributed by atoms with Crippen LogP contribution in [0.2, 0.25) is 0 Å². The highest BCUT2D eigenvalue weighted by atomic mass is 35.5. The second kappa shape index (κ2) is 13.8. The van der Waals surface area contributed by atoms with Crippen LogP contribution in [0.15, 0.2) is 24.3 Å². The molecule has 3 N–H and O–H groups in total. The summed E-state index contributed by atoms with van der Waals surface area (Å²) in [4.78, 5) is 28.5. The van der Waals surface area contributed by atoms with Crippen LogP contribution < -0.4 is 11.1 Å². The zero-order chi connectivity index (χ0) is 18.1. The van der Waals surface area contributed by atoms with Crippen LogP contribution in [0.5, 0.6) is 0 Å². The zero-order valence-electron chi connectivity index (χ0n) is 16.0. The van der Waals surface area contributed by atoms with Gasteiger partial charge in [-0.3, -0.25) is 9.59 Å². The lowest BCUT2D eigenvalue weighted by Gasteiger charge is -2.32. The first kappa shape index (κ1) is 25.7. The maximum Gasteiger partial charge on any atom is 0.253 e. The number of carbonyl (C=O) groups is 2. The predicted octanol–water partition coefficient (Wildman–Crippen LogP) is 2.77. The van der Waals surface area contributed by atoms with Gasteiger partial charge in [-0.05, 0) is 50.7 Å². The van der Waals surface area contributed by atoms with Crippen LogP contribution in [0.1, 0.15) is 42.5 Å². The molecule has 0 atom stereocenters. The first-order valence-electron chi connectivity index (χ1n) is 9.18. The van der Waals surface area contributed by atoms with Gasteiger partial charge in [-0.15, -0.1) is 24.8 Å². The lowest BCUT2D eigenvalue weighted by Crippen LogP contribution is -2.47. The van der Waals surface area contributed by atoms with Crippen molar-refractivity contribution in [3.8, 4) is 0 Å². The van der Waals surface area contributed by atoms with Gasteiger partial charge in [-0.1, -0.05) is 12.8 Å². The van der Waals surface area contributed by atoms with Crippen molar-refractivity contribution in [3.63, 3.8) is 0 Å². The minimum Gasteiger partial charge on any atom is -0.336 e. The smallest absolute Gasteiger partial charge is 0.253 e. The fourth-order valence-corrected chi connectivity index (χ4v) is 2.90. The molecule has 1 fully saturated rings. The lowest BCUT2D eigenvalue weighted by atomic mass is 10.1. The molecule has 2 amide bonds. The minimum absolute atomic E-state index is 0. The van der Waals surface area contributed by atoms with Gasteiger partial charge in [0.25, 0.3) is 5.91 Å². The molecule has 6 nitrogen and oxygen atoms in total. The summed E-state index contributed by atoms with van der Waals surface area (Å²) in [6.45, 7) is 4.05. The number of nitrogens with one attached hydrogen (secondary N) is 1. The summed E-state index contributed by atoms with van der Waals surface area (Å²) in [5.41, 5.74) is 6.86. The highest BCUT2D eigenvalue weighted by Crippen LogP contribution is 2.14. The summed E-state index contributed by atoms with van der Waals surface area (Å²) in [7, 11) is 2.07. The van der Waals surface area contributed by atoms with Crippen molar-refractivity contribution < 1.29 is 9.59 Å². The molecule has 1 aromatic carbocycles. The number of nitrogens with zero attached hydrogens (tertiary/aromatic N) is 2. The highest BCUT2D eigenvalue weighted by Gasteiger charge is 2.20. The third kappa shape index (κ3) is 8.93. The Kier molecular flexibility index (Phi) is 13.1. The molecule has 1 aliphatic rings. The molecule has 1 aliphatic heterocycles. The molecule has 0 saturated carbocycles. The largest absolute Gasteiger partial charge is 0.336 e. The number of carbonyl (C=O) groups excluding carboxylic acids is 2. The van der Waals surface area contributed by atoms with Crippen LogP contribution in [-0.2, 0) is 4.79 Å². The number of rotatable bonds is 8. The van der Waals surface area contributed by atoms with Crippen molar-refractivity contribution in [1.29, 1.82) is 0 Å². The molecule has 1 aromatic rings. The number of likely N-dealkylation sites (N-methyl/N-ethyl adjacent to an activating group) is 1. The Hall–Kier alpha value is -1.34. The number of halogens is 2. The number of anilines is 1. The number of benzene rings is 1. The molecule has 1 heterocycles. The van der Waals surface area contributed by atoms with E-state index in [0.29, 0.717) is 18.5 Å². The molecule has 0 bridgehead atoms. The summed E-state index contributed by atoms with van der Waals surface area (Å²) >= 11 is 0. The zero-order valence-corrected chi connectivity index (χ0v) is 17.6. The van der Waals surface area contributed by atoms with Gasteiger partial charge in [-0.25, -0.2) is 0 Å². The van der Waals surface area contributed by atoms with Crippen LogP contribution in [-0.4, -0.2) is 61.4 Å². The molecular formula is C19H32Cl2N4O2. The van der Waals surface area contributed by atoms with Gasteiger partial charge in [0, 0.05) is 43.9 Å². The average Bonchev–Trinajstić information content (AvgIpc) is 2.62. The van der Waals surface area contributed by atoms with Gasteiger partial charge in [-0.2, -0.15) is 0 Å². The molecular weight excluding hydrogens is 387 g/mol. The van der Waals surface area contributed by atoms with Crippen molar-refractivity contribution >= 4 is 42.3 Å². The molecule has 154 valence electrons. The number of hydrogen-bond acceptors (Lipinski definition) is 4. The maximum atomic E-state index is 12.5. The Morgan fingerprint density at radius 2 is 1.56 bits per heavy atom. The maximum absolute atomic E-state index is 12.5. The van der Waals surface area contributed by atoms with Crippen molar-refractivity contribution in [1.82, 2.24) is 9.80 Å². The van der Waals surface area contributed by atoms with E-state index in [2.05, 4.69) is 17.3 Å². The van der Waals surface area contributed by atoms with Gasteiger partial charge < -0.3 is 20.9 Å². The molecule has 0 radical (unpaired) electrons. The molecule has 0 spiro atoms. The molecule has 27 heavy (non-hydrogen) atoms. The molecule has 8 heteroatoms. The van der Waals surface area contributed by atoms with E-state index in [1.54, 1.807) is 24.3 Å². The number of unbranched alkanes of at least 4 members (excludes halogenated alkanes) is 3. The minimum atomic E-state index is 0. The molecule has 0 aromatic heterocycles. The SMILES string of the molecule is CN1CCN(C(=O)c2ccc(NC(=O)CCCCCCN)cc2)CC1.Cl.Cl. The third-order valence-electron chi connectivity index (χ3n) is 4.56.